The van der Waals surface area contributed by atoms with Crippen molar-refractivity contribution in [3.05, 3.63) is 57.2 Å². The van der Waals surface area contributed by atoms with Crippen LogP contribution in [0.2, 0.25) is 5.02 Å². The SMILES string of the molecule is COC(=O)C1=C(Nc2ccc3oc(-c4cc(Br)ccc4Cl)nc3c2)C(=O)N(CCO)C1. The minimum atomic E-state index is -0.606. The second-order valence-electron chi connectivity index (χ2n) is 6.75. The topological polar surface area (TPSA) is 105 Å². The number of aliphatic hydroxyl groups excluding tert-OH is 1. The van der Waals surface area contributed by atoms with Crippen molar-refractivity contribution < 1.29 is 23.8 Å². The summed E-state index contributed by atoms with van der Waals surface area (Å²) < 4.78 is 11.5. The Hall–Kier alpha value is -2.88. The number of amides is 1. The number of aromatic nitrogens is 1. The summed E-state index contributed by atoms with van der Waals surface area (Å²) in [4.78, 5) is 30.7. The number of oxazole rings is 1. The number of halogens is 2. The minimum Gasteiger partial charge on any atom is -0.466 e. The van der Waals surface area contributed by atoms with Crippen LogP contribution in [0.15, 0.2) is 56.6 Å². The average molecular weight is 507 g/mol. The molecular formula is C21H17BrClN3O5. The van der Waals surface area contributed by atoms with Crippen LogP contribution in [0.1, 0.15) is 0 Å². The molecule has 0 saturated carbocycles. The molecular weight excluding hydrogens is 490 g/mol. The summed E-state index contributed by atoms with van der Waals surface area (Å²) in [6.07, 6.45) is 0. The van der Waals surface area contributed by atoms with Gasteiger partial charge in [0.05, 0.1) is 36.4 Å². The Bertz CT molecular complexity index is 1220. The number of methoxy groups -OCH3 is 1. The molecule has 0 radical (unpaired) electrons. The van der Waals surface area contributed by atoms with E-state index in [2.05, 4.69) is 26.2 Å². The molecule has 0 bridgehead atoms. The van der Waals surface area contributed by atoms with Crippen LogP contribution in [0.5, 0.6) is 0 Å². The van der Waals surface area contributed by atoms with Crippen LogP contribution in [0, 0.1) is 0 Å². The van der Waals surface area contributed by atoms with E-state index in [1.165, 1.54) is 12.0 Å². The Labute approximate surface area is 190 Å². The standard InChI is InChI=1S/C21H17BrClN3O5/c1-30-21(29)14-10-26(6-7-27)20(28)18(14)24-12-3-5-17-16(9-12)25-19(31-17)13-8-11(22)2-4-15(13)23/h2-5,8-9,24,27H,6-7,10H2,1H3. The smallest absolute Gasteiger partial charge is 0.337 e. The lowest BCUT2D eigenvalue weighted by Gasteiger charge is -2.14. The number of fused-ring (bicyclic) bond motifs is 1. The Morgan fingerprint density at radius 3 is 2.90 bits per heavy atom. The highest BCUT2D eigenvalue weighted by atomic mass is 79.9. The van der Waals surface area contributed by atoms with E-state index < -0.39 is 11.9 Å². The summed E-state index contributed by atoms with van der Waals surface area (Å²) in [5, 5.41) is 12.7. The third-order valence-electron chi connectivity index (χ3n) is 4.77. The molecule has 0 saturated heterocycles. The number of ether oxygens (including phenoxy) is 1. The number of β-amino-alcohol motifs (C(OH)–C–C–N with tert-alkyl or cyclic N) is 1. The van der Waals surface area contributed by atoms with Crippen LogP contribution in [-0.4, -0.2) is 53.7 Å². The van der Waals surface area contributed by atoms with Gasteiger partial charge in [0, 0.05) is 16.7 Å². The Morgan fingerprint density at radius 1 is 1.35 bits per heavy atom. The van der Waals surface area contributed by atoms with Gasteiger partial charge >= 0.3 is 5.97 Å². The summed E-state index contributed by atoms with van der Waals surface area (Å²) in [6.45, 7) is -0.0327. The van der Waals surface area contributed by atoms with Gasteiger partial charge in [0.25, 0.3) is 5.91 Å². The number of esters is 1. The molecule has 4 rings (SSSR count). The third kappa shape index (κ3) is 4.16. The van der Waals surface area contributed by atoms with E-state index in [-0.39, 0.29) is 31.0 Å². The van der Waals surface area contributed by atoms with Crippen molar-refractivity contribution in [2.24, 2.45) is 0 Å². The molecule has 0 aliphatic carbocycles. The fourth-order valence-electron chi connectivity index (χ4n) is 3.28. The summed E-state index contributed by atoms with van der Waals surface area (Å²) in [5.74, 6) is -0.638. The number of carbonyl (C=O) groups excluding carboxylic acids is 2. The summed E-state index contributed by atoms with van der Waals surface area (Å²) in [7, 11) is 1.25. The van der Waals surface area contributed by atoms with E-state index in [1.807, 2.05) is 12.1 Å². The van der Waals surface area contributed by atoms with E-state index in [4.69, 9.17) is 20.8 Å². The lowest BCUT2D eigenvalue weighted by molar-refractivity contribution is -0.136. The highest BCUT2D eigenvalue weighted by molar-refractivity contribution is 9.10. The van der Waals surface area contributed by atoms with Gasteiger partial charge in [0.2, 0.25) is 5.89 Å². The number of nitrogens with zero attached hydrogens (tertiary/aromatic N) is 2. The molecule has 2 N–H and O–H groups in total. The molecule has 8 nitrogen and oxygen atoms in total. The molecule has 160 valence electrons. The van der Waals surface area contributed by atoms with Crippen LogP contribution >= 0.6 is 27.5 Å². The number of hydrogen-bond donors (Lipinski definition) is 2. The van der Waals surface area contributed by atoms with Crippen LogP contribution in [0.3, 0.4) is 0 Å². The van der Waals surface area contributed by atoms with Gasteiger partial charge in [-0.15, -0.1) is 0 Å². The molecule has 0 unspecified atom stereocenters. The number of carbonyl (C=O) groups is 2. The van der Waals surface area contributed by atoms with Crippen LogP contribution < -0.4 is 5.32 Å². The molecule has 1 amide bonds. The maximum absolute atomic E-state index is 12.7. The van der Waals surface area contributed by atoms with Crippen molar-refractivity contribution >= 4 is 56.2 Å². The van der Waals surface area contributed by atoms with Crippen molar-refractivity contribution in [2.75, 3.05) is 32.1 Å². The van der Waals surface area contributed by atoms with Gasteiger partial charge in [0.1, 0.15) is 11.2 Å². The molecule has 0 fully saturated rings. The van der Waals surface area contributed by atoms with Crippen LogP contribution in [0.25, 0.3) is 22.6 Å². The van der Waals surface area contributed by atoms with Crippen molar-refractivity contribution in [3.63, 3.8) is 0 Å². The molecule has 1 aliphatic heterocycles. The van der Waals surface area contributed by atoms with Crippen molar-refractivity contribution in [1.29, 1.82) is 0 Å². The molecule has 3 aromatic rings. The van der Waals surface area contributed by atoms with Gasteiger partial charge in [-0.3, -0.25) is 4.79 Å². The van der Waals surface area contributed by atoms with Crippen molar-refractivity contribution in [3.8, 4) is 11.5 Å². The van der Waals surface area contributed by atoms with Crippen molar-refractivity contribution in [2.45, 2.75) is 0 Å². The van der Waals surface area contributed by atoms with Gasteiger partial charge in [-0.2, -0.15) is 0 Å². The van der Waals surface area contributed by atoms with Gasteiger partial charge in [-0.05, 0) is 36.4 Å². The van der Waals surface area contributed by atoms with E-state index in [0.29, 0.717) is 33.3 Å². The second-order valence-corrected chi connectivity index (χ2v) is 8.07. The lowest BCUT2D eigenvalue weighted by Crippen LogP contribution is -2.31. The lowest BCUT2D eigenvalue weighted by atomic mass is 10.2. The molecule has 1 aliphatic rings. The molecule has 0 atom stereocenters. The normalized spacial score (nSPS) is 13.9. The van der Waals surface area contributed by atoms with Gasteiger partial charge < -0.3 is 24.5 Å². The first kappa shape index (κ1) is 21.4. The third-order valence-corrected chi connectivity index (χ3v) is 5.59. The highest BCUT2D eigenvalue weighted by Gasteiger charge is 2.34. The number of rotatable bonds is 6. The highest BCUT2D eigenvalue weighted by Crippen LogP contribution is 2.33. The Morgan fingerprint density at radius 2 is 2.16 bits per heavy atom. The summed E-state index contributed by atoms with van der Waals surface area (Å²) in [6, 6.07) is 10.5. The van der Waals surface area contributed by atoms with E-state index >= 15 is 0 Å². The summed E-state index contributed by atoms with van der Waals surface area (Å²) >= 11 is 9.68. The number of nitrogens with one attached hydrogen (secondary N) is 1. The maximum atomic E-state index is 12.7. The zero-order valence-electron chi connectivity index (χ0n) is 16.3. The van der Waals surface area contributed by atoms with Gasteiger partial charge in [0.15, 0.2) is 5.58 Å². The summed E-state index contributed by atoms with van der Waals surface area (Å²) in [5.41, 5.74) is 2.58. The number of anilines is 1. The fraction of sp³-hybridized carbons (Fsp3) is 0.190. The fourth-order valence-corrected chi connectivity index (χ4v) is 3.83. The molecule has 0 spiro atoms. The largest absolute Gasteiger partial charge is 0.466 e. The first-order chi connectivity index (χ1) is 14.9. The molecule has 1 aromatic heterocycles. The average Bonchev–Trinajstić information content (AvgIpc) is 3.31. The van der Waals surface area contributed by atoms with E-state index in [9.17, 15) is 14.7 Å². The molecule has 2 aromatic carbocycles. The predicted octanol–water partition coefficient (Wildman–Crippen LogP) is 3.58. The number of aliphatic hydroxyl groups is 1. The van der Waals surface area contributed by atoms with Crippen molar-refractivity contribution in [1.82, 2.24) is 9.88 Å². The van der Waals surface area contributed by atoms with E-state index in [0.717, 1.165) is 4.47 Å². The monoisotopic (exact) mass is 505 g/mol. The van der Waals surface area contributed by atoms with Gasteiger partial charge in [-0.25, -0.2) is 9.78 Å². The number of benzene rings is 2. The Balaban J connectivity index is 1.67. The minimum absolute atomic E-state index is 0.0616. The zero-order valence-corrected chi connectivity index (χ0v) is 18.7. The molecule has 10 heteroatoms. The van der Waals surface area contributed by atoms with E-state index in [1.54, 1.807) is 24.3 Å². The molecule has 2 heterocycles. The Kier molecular flexibility index (Phi) is 5.99. The van der Waals surface area contributed by atoms with Gasteiger partial charge in [-0.1, -0.05) is 27.5 Å². The first-order valence-electron chi connectivity index (χ1n) is 9.26. The zero-order chi connectivity index (χ0) is 22.1. The quantitative estimate of drug-likeness (QED) is 0.492. The number of hydrogen-bond acceptors (Lipinski definition) is 7. The van der Waals surface area contributed by atoms with Crippen LogP contribution in [-0.2, 0) is 14.3 Å². The van der Waals surface area contributed by atoms with Crippen LogP contribution in [0.4, 0.5) is 5.69 Å². The second kappa shape index (κ2) is 8.70. The predicted molar refractivity (Wildman–Crippen MR) is 118 cm³/mol. The molecule has 31 heavy (non-hydrogen) atoms. The maximum Gasteiger partial charge on any atom is 0.337 e. The first-order valence-corrected chi connectivity index (χ1v) is 10.4.